The molecule has 2 atom stereocenters. The third-order valence-corrected chi connectivity index (χ3v) is 4.94. The number of amides is 2. The van der Waals surface area contributed by atoms with Crippen molar-refractivity contribution >= 4 is 28.9 Å². The predicted molar refractivity (Wildman–Crippen MR) is 115 cm³/mol. The molecule has 31 heavy (non-hydrogen) atoms. The number of carbonyl (C=O) groups is 3. The number of fused-ring (bicyclic) bond motifs is 1. The van der Waals surface area contributed by atoms with E-state index in [4.69, 9.17) is 4.74 Å². The fourth-order valence-corrected chi connectivity index (χ4v) is 3.25. The van der Waals surface area contributed by atoms with Crippen LogP contribution in [0.3, 0.4) is 0 Å². The molecule has 2 aromatic carbocycles. The fourth-order valence-electron chi connectivity index (χ4n) is 3.25. The van der Waals surface area contributed by atoms with Crippen molar-refractivity contribution in [1.29, 1.82) is 0 Å². The third kappa shape index (κ3) is 5.85. The van der Waals surface area contributed by atoms with Gasteiger partial charge in [-0.05, 0) is 23.6 Å². The Morgan fingerprint density at radius 3 is 2.42 bits per heavy atom. The number of aliphatic carboxylic acids is 1. The summed E-state index contributed by atoms with van der Waals surface area (Å²) in [6, 6.07) is 14.6. The number of carbonyl (C=O) groups excluding carboxylic acids is 2. The molecule has 0 aliphatic rings. The molecule has 8 nitrogen and oxygen atoms in total. The van der Waals surface area contributed by atoms with Crippen LogP contribution >= 0.6 is 0 Å². The molecule has 3 rings (SSSR count). The quantitative estimate of drug-likeness (QED) is 0.422. The number of benzene rings is 2. The van der Waals surface area contributed by atoms with Crippen LogP contribution in [0.15, 0.2) is 60.8 Å². The van der Waals surface area contributed by atoms with Gasteiger partial charge in [0, 0.05) is 23.5 Å². The van der Waals surface area contributed by atoms with Gasteiger partial charge in [0.05, 0.1) is 0 Å². The smallest absolute Gasteiger partial charge is 0.408 e. The highest BCUT2D eigenvalue weighted by molar-refractivity contribution is 5.90. The van der Waals surface area contributed by atoms with Gasteiger partial charge in [-0.1, -0.05) is 55.5 Å². The maximum absolute atomic E-state index is 12.6. The largest absolute Gasteiger partial charge is 0.480 e. The zero-order valence-electron chi connectivity index (χ0n) is 17.1. The molecule has 0 saturated heterocycles. The van der Waals surface area contributed by atoms with E-state index < -0.39 is 30.1 Å². The SMILES string of the molecule is CC[C@@H](NC(=O)OCc1ccccc1)C(=O)NC(Cc1c[nH]c2ccccc12)C(=O)O. The Balaban J connectivity index is 1.59. The highest BCUT2D eigenvalue weighted by atomic mass is 16.5. The zero-order chi connectivity index (χ0) is 22.2. The molecule has 8 heteroatoms. The van der Waals surface area contributed by atoms with E-state index in [-0.39, 0.29) is 19.4 Å². The van der Waals surface area contributed by atoms with Gasteiger partial charge in [0.2, 0.25) is 5.91 Å². The molecule has 0 aliphatic heterocycles. The normalized spacial score (nSPS) is 12.7. The molecule has 1 unspecified atom stereocenters. The van der Waals surface area contributed by atoms with Gasteiger partial charge in [-0.15, -0.1) is 0 Å². The van der Waals surface area contributed by atoms with Crippen LogP contribution in [-0.2, 0) is 27.4 Å². The van der Waals surface area contributed by atoms with Crippen molar-refractivity contribution in [3.8, 4) is 0 Å². The first-order valence-corrected chi connectivity index (χ1v) is 10.0. The molecule has 0 spiro atoms. The van der Waals surface area contributed by atoms with Gasteiger partial charge in [0.15, 0.2) is 0 Å². The summed E-state index contributed by atoms with van der Waals surface area (Å²) in [5.74, 6) is -1.73. The number of carboxylic acid groups (broad SMARTS) is 1. The average Bonchev–Trinajstić information content (AvgIpc) is 3.19. The van der Waals surface area contributed by atoms with Crippen LogP contribution in [0.4, 0.5) is 4.79 Å². The second kappa shape index (κ2) is 10.3. The summed E-state index contributed by atoms with van der Waals surface area (Å²) >= 11 is 0. The number of ether oxygens (including phenoxy) is 1. The lowest BCUT2D eigenvalue weighted by atomic mass is 10.0. The number of para-hydroxylation sites is 1. The maximum Gasteiger partial charge on any atom is 0.408 e. The molecule has 162 valence electrons. The Kier molecular flexibility index (Phi) is 7.26. The average molecular weight is 423 g/mol. The lowest BCUT2D eigenvalue weighted by molar-refractivity contribution is -0.142. The Hall–Kier alpha value is -3.81. The van der Waals surface area contributed by atoms with Gasteiger partial charge in [0.25, 0.3) is 0 Å². The van der Waals surface area contributed by atoms with Crippen molar-refractivity contribution in [3.05, 3.63) is 71.9 Å². The van der Waals surface area contributed by atoms with E-state index in [1.165, 1.54) is 0 Å². The predicted octanol–water partition coefficient (Wildman–Crippen LogP) is 2.98. The molecule has 0 bridgehead atoms. The molecule has 0 aliphatic carbocycles. The Labute approximate surface area is 179 Å². The van der Waals surface area contributed by atoms with Gasteiger partial charge in [-0.3, -0.25) is 4.79 Å². The number of alkyl carbamates (subject to hydrolysis) is 1. The van der Waals surface area contributed by atoms with Crippen molar-refractivity contribution in [2.45, 2.75) is 38.5 Å². The first kappa shape index (κ1) is 21.9. The van der Waals surface area contributed by atoms with Crippen LogP contribution < -0.4 is 10.6 Å². The van der Waals surface area contributed by atoms with E-state index in [2.05, 4.69) is 15.6 Å². The zero-order valence-corrected chi connectivity index (χ0v) is 17.1. The van der Waals surface area contributed by atoms with Crippen LogP contribution in [0.2, 0.25) is 0 Å². The minimum absolute atomic E-state index is 0.0725. The van der Waals surface area contributed by atoms with Crippen LogP contribution in [0.5, 0.6) is 0 Å². The molecular weight excluding hydrogens is 398 g/mol. The second-order valence-corrected chi connectivity index (χ2v) is 7.13. The van der Waals surface area contributed by atoms with E-state index in [9.17, 15) is 19.5 Å². The van der Waals surface area contributed by atoms with E-state index in [0.29, 0.717) is 0 Å². The molecule has 0 fully saturated rings. The highest BCUT2D eigenvalue weighted by Gasteiger charge is 2.26. The summed E-state index contributed by atoms with van der Waals surface area (Å²) in [5, 5.41) is 15.5. The van der Waals surface area contributed by atoms with Crippen LogP contribution in [0, 0.1) is 0 Å². The number of hydrogen-bond donors (Lipinski definition) is 4. The van der Waals surface area contributed by atoms with E-state index in [1.807, 2.05) is 54.6 Å². The van der Waals surface area contributed by atoms with Gasteiger partial charge in [-0.25, -0.2) is 9.59 Å². The van der Waals surface area contributed by atoms with Crippen molar-refractivity contribution in [3.63, 3.8) is 0 Å². The summed E-state index contributed by atoms with van der Waals surface area (Å²) in [5.41, 5.74) is 2.49. The van der Waals surface area contributed by atoms with Gasteiger partial charge >= 0.3 is 12.1 Å². The van der Waals surface area contributed by atoms with Crippen molar-refractivity contribution < 1.29 is 24.2 Å². The Morgan fingerprint density at radius 1 is 1.00 bits per heavy atom. The molecule has 1 aromatic heterocycles. The molecule has 3 aromatic rings. The minimum atomic E-state index is -1.15. The molecule has 0 radical (unpaired) electrons. The molecular formula is C23H25N3O5. The standard InChI is InChI=1S/C23H25N3O5/c1-2-18(26-23(30)31-14-15-8-4-3-5-9-15)21(27)25-20(22(28)29)12-16-13-24-19-11-7-6-10-17(16)19/h3-11,13,18,20,24H,2,12,14H2,1H3,(H,25,27)(H,26,30)(H,28,29)/t18-,20?/m1/s1. The minimum Gasteiger partial charge on any atom is -0.480 e. The van der Waals surface area contributed by atoms with Gasteiger partial charge < -0.3 is 25.5 Å². The lowest BCUT2D eigenvalue weighted by Crippen LogP contribution is -2.52. The van der Waals surface area contributed by atoms with Crippen molar-refractivity contribution in [1.82, 2.24) is 15.6 Å². The molecule has 2 amide bonds. The summed E-state index contributed by atoms with van der Waals surface area (Å²) in [4.78, 5) is 39.6. The number of hydrogen-bond acceptors (Lipinski definition) is 4. The maximum atomic E-state index is 12.6. The number of aromatic amines is 1. The van der Waals surface area contributed by atoms with Crippen LogP contribution in [-0.4, -0.2) is 40.1 Å². The van der Waals surface area contributed by atoms with Gasteiger partial charge in [-0.2, -0.15) is 0 Å². The summed E-state index contributed by atoms with van der Waals surface area (Å²) < 4.78 is 5.15. The van der Waals surface area contributed by atoms with E-state index in [1.54, 1.807) is 13.1 Å². The number of rotatable bonds is 9. The Bertz CT molecular complexity index is 1050. The fraction of sp³-hybridized carbons (Fsp3) is 0.261. The second-order valence-electron chi connectivity index (χ2n) is 7.13. The summed E-state index contributed by atoms with van der Waals surface area (Å²) in [6.07, 6.45) is 1.39. The highest BCUT2D eigenvalue weighted by Crippen LogP contribution is 2.19. The Morgan fingerprint density at radius 2 is 1.71 bits per heavy atom. The van der Waals surface area contributed by atoms with E-state index in [0.717, 1.165) is 22.0 Å². The molecule has 4 N–H and O–H groups in total. The third-order valence-electron chi connectivity index (χ3n) is 4.94. The summed E-state index contributed by atoms with van der Waals surface area (Å²) in [7, 11) is 0. The van der Waals surface area contributed by atoms with Crippen molar-refractivity contribution in [2.75, 3.05) is 0 Å². The molecule has 0 saturated carbocycles. The number of H-pyrrole nitrogens is 1. The summed E-state index contributed by atoms with van der Waals surface area (Å²) in [6.45, 7) is 1.79. The van der Waals surface area contributed by atoms with Crippen molar-refractivity contribution in [2.24, 2.45) is 0 Å². The number of carboxylic acids is 1. The van der Waals surface area contributed by atoms with Crippen LogP contribution in [0.25, 0.3) is 10.9 Å². The molecule has 1 heterocycles. The first-order valence-electron chi connectivity index (χ1n) is 10.0. The van der Waals surface area contributed by atoms with Crippen LogP contribution in [0.1, 0.15) is 24.5 Å². The monoisotopic (exact) mass is 423 g/mol. The topological polar surface area (TPSA) is 121 Å². The van der Waals surface area contributed by atoms with Gasteiger partial charge in [0.1, 0.15) is 18.7 Å². The lowest BCUT2D eigenvalue weighted by Gasteiger charge is -2.20. The first-order chi connectivity index (χ1) is 15.0. The number of nitrogens with one attached hydrogen (secondary N) is 3. The van der Waals surface area contributed by atoms with E-state index >= 15 is 0 Å². The number of aromatic nitrogens is 1.